The standard InChI is InChI=1S/C13H17N3O3S/c14-10-3-1-2-9-8-11(13(17)15-12(9)10)16-4-6-20(18,19)7-5-16/h1-3,11H,4-8,14H2,(H,15,17). The first-order chi connectivity index (χ1) is 9.46. The molecule has 0 aromatic heterocycles. The minimum absolute atomic E-state index is 0.102. The summed E-state index contributed by atoms with van der Waals surface area (Å²) in [6, 6.07) is 5.26. The number of fused-ring (bicyclic) bond motifs is 1. The Morgan fingerprint density at radius 1 is 1.25 bits per heavy atom. The summed E-state index contributed by atoms with van der Waals surface area (Å²) in [5, 5.41) is 2.84. The molecule has 1 unspecified atom stereocenters. The Morgan fingerprint density at radius 2 is 1.95 bits per heavy atom. The van der Waals surface area contributed by atoms with E-state index in [0.29, 0.717) is 30.9 Å². The van der Waals surface area contributed by atoms with E-state index in [1.54, 1.807) is 6.07 Å². The Kier molecular flexibility index (Phi) is 3.18. The average Bonchev–Trinajstić information content (AvgIpc) is 2.40. The van der Waals surface area contributed by atoms with Gasteiger partial charge in [0.1, 0.15) is 0 Å². The summed E-state index contributed by atoms with van der Waals surface area (Å²) in [5.74, 6) is 0.149. The van der Waals surface area contributed by atoms with Gasteiger partial charge in [0.15, 0.2) is 9.84 Å². The first kappa shape index (κ1) is 13.4. The van der Waals surface area contributed by atoms with Crippen molar-refractivity contribution in [1.82, 2.24) is 4.90 Å². The third-order valence-corrected chi connectivity index (χ3v) is 5.58. The molecule has 0 bridgehead atoms. The lowest BCUT2D eigenvalue weighted by atomic mass is 9.97. The van der Waals surface area contributed by atoms with Crippen molar-refractivity contribution in [2.75, 3.05) is 35.6 Å². The second kappa shape index (κ2) is 4.75. The Labute approximate surface area is 117 Å². The van der Waals surface area contributed by atoms with Crippen LogP contribution >= 0.6 is 0 Å². The number of carbonyl (C=O) groups is 1. The van der Waals surface area contributed by atoms with Crippen LogP contribution in [0.15, 0.2) is 18.2 Å². The fourth-order valence-corrected chi connectivity index (χ4v) is 4.01. The van der Waals surface area contributed by atoms with Gasteiger partial charge in [-0.3, -0.25) is 9.69 Å². The Balaban J connectivity index is 1.81. The number of rotatable bonds is 1. The lowest BCUT2D eigenvalue weighted by Crippen LogP contribution is -2.53. The van der Waals surface area contributed by atoms with Gasteiger partial charge < -0.3 is 11.1 Å². The monoisotopic (exact) mass is 295 g/mol. The first-order valence-electron chi connectivity index (χ1n) is 6.59. The zero-order valence-corrected chi connectivity index (χ0v) is 11.8. The van der Waals surface area contributed by atoms with E-state index in [9.17, 15) is 13.2 Å². The van der Waals surface area contributed by atoms with Gasteiger partial charge in [-0.2, -0.15) is 0 Å². The maximum Gasteiger partial charge on any atom is 0.242 e. The van der Waals surface area contributed by atoms with E-state index in [1.165, 1.54) is 0 Å². The van der Waals surface area contributed by atoms with Crippen LogP contribution in [0.1, 0.15) is 5.56 Å². The SMILES string of the molecule is Nc1cccc2c1NC(=O)C(N1CCS(=O)(=O)CC1)C2. The maximum atomic E-state index is 12.2. The van der Waals surface area contributed by atoms with Gasteiger partial charge in [-0.05, 0) is 18.1 Å². The quantitative estimate of drug-likeness (QED) is 0.704. The Morgan fingerprint density at radius 3 is 2.65 bits per heavy atom. The van der Waals surface area contributed by atoms with Crippen LogP contribution in [0.3, 0.4) is 0 Å². The molecule has 2 aliphatic rings. The van der Waals surface area contributed by atoms with Crippen LogP contribution in [0.4, 0.5) is 11.4 Å². The summed E-state index contributed by atoms with van der Waals surface area (Å²) in [5.41, 5.74) is 8.12. The number of nitrogens with zero attached hydrogens (tertiary/aromatic N) is 1. The molecule has 20 heavy (non-hydrogen) atoms. The molecule has 3 rings (SSSR count). The number of nitrogens with two attached hydrogens (primary N) is 1. The smallest absolute Gasteiger partial charge is 0.242 e. The zero-order valence-electron chi connectivity index (χ0n) is 11.0. The molecular formula is C13H17N3O3S. The third-order valence-electron chi connectivity index (χ3n) is 3.97. The van der Waals surface area contributed by atoms with Gasteiger partial charge in [-0.25, -0.2) is 8.42 Å². The van der Waals surface area contributed by atoms with Crippen LogP contribution in [0, 0.1) is 0 Å². The van der Waals surface area contributed by atoms with Crippen LogP contribution in [0.2, 0.25) is 0 Å². The van der Waals surface area contributed by atoms with E-state index in [2.05, 4.69) is 5.32 Å². The van der Waals surface area contributed by atoms with Gasteiger partial charge in [0.25, 0.3) is 0 Å². The molecule has 0 saturated carbocycles. The van der Waals surface area contributed by atoms with E-state index in [0.717, 1.165) is 5.56 Å². The molecule has 2 aliphatic heterocycles. The van der Waals surface area contributed by atoms with Gasteiger partial charge in [-0.1, -0.05) is 12.1 Å². The van der Waals surface area contributed by atoms with Gasteiger partial charge in [-0.15, -0.1) is 0 Å². The summed E-state index contributed by atoms with van der Waals surface area (Å²) in [6.45, 7) is 0.830. The summed E-state index contributed by atoms with van der Waals surface area (Å²) >= 11 is 0. The molecule has 2 heterocycles. The minimum atomic E-state index is -2.93. The summed E-state index contributed by atoms with van der Waals surface area (Å²) in [7, 11) is -2.93. The van der Waals surface area contributed by atoms with Crippen molar-refractivity contribution in [3.8, 4) is 0 Å². The van der Waals surface area contributed by atoms with Gasteiger partial charge in [0.2, 0.25) is 5.91 Å². The number of para-hydroxylation sites is 1. The predicted molar refractivity (Wildman–Crippen MR) is 77.2 cm³/mol. The Hall–Kier alpha value is -1.60. The molecular weight excluding hydrogens is 278 g/mol. The van der Waals surface area contributed by atoms with Crippen molar-refractivity contribution in [2.24, 2.45) is 0 Å². The molecule has 1 atom stereocenters. The van der Waals surface area contributed by atoms with Crippen molar-refractivity contribution >= 4 is 27.1 Å². The Bertz CT molecular complexity index is 643. The number of amides is 1. The molecule has 1 aromatic rings. The van der Waals surface area contributed by atoms with E-state index in [-0.39, 0.29) is 23.5 Å². The number of hydrogen-bond acceptors (Lipinski definition) is 5. The van der Waals surface area contributed by atoms with Crippen LogP contribution in [0.5, 0.6) is 0 Å². The molecule has 1 amide bonds. The van der Waals surface area contributed by atoms with E-state index < -0.39 is 9.84 Å². The molecule has 108 valence electrons. The fourth-order valence-electron chi connectivity index (χ4n) is 2.78. The summed E-state index contributed by atoms with van der Waals surface area (Å²) in [4.78, 5) is 14.2. The van der Waals surface area contributed by atoms with Crippen molar-refractivity contribution in [1.29, 1.82) is 0 Å². The van der Waals surface area contributed by atoms with Gasteiger partial charge >= 0.3 is 0 Å². The van der Waals surface area contributed by atoms with Crippen LogP contribution in [0.25, 0.3) is 0 Å². The number of nitrogen functional groups attached to an aromatic ring is 1. The first-order valence-corrected chi connectivity index (χ1v) is 8.41. The molecule has 7 heteroatoms. The second-order valence-corrected chi connectivity index (χ2v) is 7.58. The maximum absolute atomic E-state index is 12.2. The number of carbonyl (C=O) groups excluding carboxylic acids is 1. The summed E-state index contributed by atoms with van der Waals surface area (Å²) in [6.07, 6.45) is 0.576. The lowest BCUT2D eigenvalue weighted by Gasteiger charge is -2.36. The van der Waals surface area contributed by atoms with Crippen LogP contribution in [-0.4, -0.2) is 49.9 Å². The van der Waals surface area contributed by atoms with Crippen molar-refractivity contribution in [3.05, 3.63) is 23.8 Å². The summed E-state index contributed by atoms with van der Waals surface area (Å²) < 4.78 is 22.9. The molecule has 0 spiro atoms. The number of benzene rings is 1. The molecule has 0 aliphatic carbocycles. The van der Waals surface area contributed by atoms with Crippen LogP contribution in [-0.2, 0) is 21.1 Å². The highest BCUT2D eigenvalue weighted by Gasteiger charge is 2.34. The molecule has 6 nitrogen and oxygen atoms in total. The highest BCUT2D eigenvalue weighted by atomic mass is 32.2. The van der Waals surface area contributed by atoms with Crippen LogP contribution < -0.4 is 11.1 Å². The number of anilines is 2. The van der Waals surface area contributed by atoms with Crippen molar-refractivity contribution in [3.63, 3.8) is 0 Å². The second-order valence-electron chi connectivity index (χ2n) is 5.28. The van der Waals surface area contributed by atoms with E-state index in [4.69, 9.17) is 5.73 Å². The largest absolute Gasteiger partial charge is 0.397 e. The molecule has 0 radical (unpaired) electrons. The topological polar surface area (TPSA) is 92.5 Å². The number of nitrogens with one attached hydrogen (secondary N) is 1. The highest BCUT2D eigenvalue weighted by molar-refractivity contribution is 7.91. The third kappa shape index (κ3) is 2.38. The average molecular weight is 295 g/mol. The lowest BCUT2D eigenvalue weighted by molar-refractivity contribution is -0.121. The van der Waals surface area contributed by atoms with E-state index >= 15 is 0 Å². The van der Waals surface area contributed by atoms with Gasteiger partial charge in [0.05, 0.1) is 28.9 Å². The molecule has 1 fully saturated rings. The van der Waals surface area contributed by atoms with Crippen molar-refractivity contribution < 1.29 is 13.2 Å². The van der Waals surface area contributed by atoms with Gasteiger partial charge in [0, 0.05) is 13.1 Å². The normalized spacial score (nSPS) is 25.8. The number of sulfone groups is 1. The fraction of sp³-hybridized carbons (Fsp3) is 0.462. The molecule has 1 saturated heterocycles. The highest BCUT2D eigenvalue weighted by Crippen LogP contribution is 2.30. The minimum Gasteiger partial charge on any atom is -0.397 e. The van der Waals surface area contributed by atoms with E-state index in [1.807, 2.05) is 17.0 Å². The zero-order chi connectivity index (χ0) is 14.3. The molecule has 3 N–H and O–H groups in total. The molecule has 1 aromatic carbocycles. The number of hydrogen-bond donors (Lipinski definition) is 2. The predicted octanol–water partition coefficient (Wildman–Crippen LogP) is -0.138. The van der Waals surface area contributed by atoms with Crippen molar-refractivity contribution in [2.45, 2.75) is 12.5 Å².